The first kappa shape index (κ1) is 31.7. The maximum absolute atomic E-state index is 12.3. The van der Waals surface area contributed by atoms with Crippen molar-refractivity contribution in [2.45, 2.75) is 58.0 Å². The van der Waals surface area contributed by atoms with Gasteiger partial charge < -0.3 is 19.5 Å². The van der Waals surface area contributed by atoms with E-state index in [1.165, 1.54) is 0 Å². The number of carbonyl (C=O) groups excluding carboxylic acids is 2. The molecule has 2 N–H and O–H groups in total. The Balaban J connectivity index is 2.01. The number of rotatable bonds is 13. The number of aliphatic hydroxyl groups excluding tert-OH is 1. The molecule has 0 spiro atoms. The first-order valence-electron chi connectivity index (χ1n) is 13.9. The van der Waals surface area contributed by atoms with Crippen molar-refractivity contribution in [3.8, 4) is 5.75 Å². The fourth-order valence-electron chi connectivity index (χ4n) is 4.86. The van der Waals surface area contributed by atoms with Gasteiger partial charge >= 0.3 is 5.97 Å². The van der Waals surface area contributed by atoms with Crippen LogP contribution in [0, 0.1) is 6.92 Å². The lowest BCUT2D eigenvalue weighted by molar-refractivity contribution is -0.145. The van der Waals surface area contributed by atoms with Gasteiger partial charge in [0.25, 0.3) is 0 Å². The average molecular weight is 574 g/mol. The van der Waals surface area contributed by atoms with E-state index in [4.69, 9.17) is 9.47 Å². The van der Waals surface area contributed by atoms with Crippen LogP contribution in [-0.4, -0.2) is 90.6 Å². The lowest BCUT2D eigenvalue weighted by atomic mass is 10.00. The normalized spacial score (nSPS) is 15.6. The van der Waals surface area contributed by atoms with Gasteiger partial charge in [-0.2, -0.15) is 0 Å². The summed E-state index contributed by atoms with van der Waals surface area (Å²) >= 11 is 1.71. The molecule has 1 saturated heterocycles. The summed E-state index contributed by atoms with van der Waals surface area (Å²) in [5.74, 6) is 0.706. The Morgan fingerprint density at radius 3 is 2.52 bits per heavy atom. The van der Waals surface area contributed by atoms with Crippen molar-refractivity contribution < 1.29 is 24.2 Å². The molecule has 1 atom stereocenters. The topological polar surface area (TPSA) is 109 Å². The first-order chi connectivity index (χ1) is 19.3. The van der Waals surface area contributed by atoms with E-state index in [2.05, 4.69) is 32.7 Å². The van der Waals surface area contributed by atoms with E-state index < -0.39 is 12.1 Å². The Morgan fingerprint density at radius 2 is 1.93 bits per heavy atom. The SMILES string of the molecule is CCCc1c(C(O)CC(=O)OCC)c(C)c(C=O)n1NC(=NC)c1cc(SN2CCN(C)CC2)ccc1OCC. The number of aliphatic imine (C=N–C) groups is 1. The standard InChI is InChI=1S/C29H43N5O5S/c1-7-10-23-28(25(36)18-27(37)39-9-3)20(4)24(19-35)34(23)31-29(30-5)22-17-21(11-12-26(22)38-8-2)40-33-15-13-32(6)14-16-33/h11-12,17,19,25,36H,7-10,13-16,18H2,1-6H3,(H,30,31). The number of hydrogen-bond acceptors (Lipinski definition) is 9. The number of esters is 1. The van der Waals surface area contributed by atoms with Crippen molar-refractivity contribution in [3.05, 3.63) is 46.3 Å². The minimum Gasteiger partial charge on any atom is -0.493 e. The molecule has 1 aliphatic heterocycles. The Hall–Kier alpha value is -2.86. The smallest absolute Gasteiger partial charge is 0.308 e. The predicted octanol–water partition coefficient (Wildman–Crippen LogP) is 3.82. The summed E-state index contributed by atoms with van der Waals surface area (Å²) in [6.07, 6.45) is 0.807. The molecule has 10 nitrogen and oxygen atoms in total. The van der Waals surface area contributed by atoms with Crippen LogP contribution in [0.3, 0.4) is 0 Å². The van der Waals surface area contributed by atoms with Crippen LogP contribution in [0.15, 0.2) is 28.1 Å². The summed E-state index contributed by atoms with van der Waals surface area (Å²) in [6, 6.07) is 6.05. The number of aldehydes is 1. The minimum atomic E-state index is -1.10. The largest absolute Gasteiger partial charge is 0.493 e. The third kappa shape index (κ3) is 7.66. The van der Waals surface area contributed by atoms with E-state index in [0.29, 0.717) is 41.4 Å². The molecule has 1 unspecified atom stereocenters. The number of piperazine rings is 1. The van der Waals surface area contributed by atoms with Crippen molar-refractivity contribution in [1.29, 1.82) is 0 Å². The molecule has 0 saturated carbocycles. The van der Waals surface area contributed by atoms with E-state index in [9.17, 15) is 14.7 Å². The summed E-state index contributed by atoms with van der Waals surface area (Å²) < 4.78 is 15.1. The second-order valence-corrected chi connectivity index (χ2v) is 10.9. The van der Waals surface area contributed by atoms with Crippen LogP contribution in [0.4, 0.5) is 0 Å². The number of ether oxygens (including phenoxy) is 2. The summed E-state index contributed by atoms with van der Waals surface area (Å²) in [5, 5.41) is 11.1. The van der Waals surface area contributed by atoms with Crippen LogP contribution < -0.4 is 10.2 Å². The molecular formula is C29H43N5O5S. The number of carbonyl (C=O) groups is 2. The number of aliphatic hydroxyl groups is 1. The van der Waals surface area contributed by atoms with E-state index in [1.54, 1.807) is 37.5 Å². The second kappa shape index (κ2) is 15.2. The van der Waals surface area contributed by atoms with Crippen LogP contribution in [0.1, 0.15) is 72.6 Å². The zero-order chi connectivity index (χ0) is 29.2. The zero-order valence-electron chi connectivity index (χ0n) is 24.5. The summed E-state index contributed by atoms with van der Waals surface area (Å²) in [6.45, 7) is 12.2. The fourth-order valence-corrected chi connectivity index (χ4v) is 5.80. The number of nitrogens with one attached hydrogen (secondary N) is 1. The predicted molar refractivity (Wildman–Crippen MR) is 159 cm³/mol. The molecule has 11 heteroatoms. The molecule has 1 aromatic carbocycles. The Morgan fingerprint density at radius 1 is 1.20 bits per heavy atom. The molecule has 0 amide bonds. The number of likely N-dealkylation sites (N-methyl/N-ethyl adjacent to an activating group) is 1. The van der Waals surface area contributed by atoms with Crippen LogP contribution in [0.25, 0.3) is 0 Å². The quantitative estimate of drug-likeness (QED) is 0.122. The number of benzene rings is 1. The van der Waals surface area contributed by atoms with Gasteiger partial charge in [0.05, 0.1) is 31.3 Å². The molecule has 40 heavy (non-hydrogen) atoms. The fraction of sp³-hybridized carbons (Fsp3) is 0.552. The number of aromatic nitrogens is 1. The van der Waals surface area contributed by atoms with Crippen molar-refractivity contribution in [1.82, 2.24) is 13.9 Å². The van der Waals surface area contributed by atoms with Gasteiger partial charge in [0, 0.05) is 49.4 Å². The molecule has 0 aliphatic carbocycles. The number of nitrogens with zero attached hydrogens (tertiary/aromatic N) is 4. The van der Waals surface area contributed by atoms with Gasteiger partial charge in [-0.25, -0.2) is 4.31 Å². The van der Waals surface area contributed by atoms with Gasteiger partial charge in [0.15, 0.2) is 12.1 Å². The van der Waals surface area contributed by atoms with Crippen molar-refractivity contribution >= 4 is 30.0 Å². The molecule has 2 heterocycles. The summed E-state index contributed by atoms with van der Waals surface area (Å²) in [4.78, 5) is 32.4. The van der Waals surface area contributed by atoms with E-state index >= 15 is 0 Å². The molecule has 3 rings (SSSR count). The third-order valence-corrected chi connectivity index (χ3v) is 7.94. The van der Waals surface area contributed by atoms with Crippen LogP contribution in [0.5, 0.6) is 5.75 Å². The van der Waals surface area contributed by atoms with Gasteiger partial charge in [-0.15, -0.1) is 0 Å². The molecule has 1 fully saturated rings. The van der Waals surface area contributed by atoms with E-state index in [-0.39, 0.29) is 13.0 Å². The lowest BCUT2D eigenvalue weighted by Gasteiger charge is -2.31. The molecular weight excluding hydrogens is 530 g/mol. The van der Waals surface area contributed by atoms with Crippen LogP contribution in [0.2, 0.25) is 0 Å². The molecule has 2 aromatic rings. The third-order valence-electron chi connectivity index (χ3n) is 6.85. The lowest BCUT2D eigenvalue weighted by Crippen LogP contribution is -2.41. The Labute approximate surface area is 241 Å². The molecule has 0 bridgehead atoms. The molecule has 0 radical (unpaired) electrons. The highest BCUT2D eigenvalue weighted by Gasteiger charge is 2.28. The average Bonchev–Trinajstić information content (AvgIpc) is 3.19. The Bertz CT molecular complexity index is 1190. The van der Waals surface area contributed by atoms with E-state index in [1.807, 2.05) is 26.0 Å². The first-order valence-corrected chi connectivity index (χ1v) is 14.7. The zero-order valence-corrected chi connectivity index (χ0v) is 25.3. The molecule has 1 aromatic heterocycles. The van der Waals surface area contributed by atoms with Gasteiger partial charge in [-0.05, 0) is 70.0 Å². The van der Waals surface area contributed by atoms with Crippen LogP contribution in [-0.2, 0) is 16.0 Å². The van der Waals surface area contributed by atoms with Gasteiger partial charge in [-0.1, -0.05) is 13.3 Å². The maximum atomic E-state index is 12.3. The number of hydrogen-bond donors (Lipinski definition) is 2. The van der Waals surface area contributed by atoms with Crippen LogP contribution >= 0.6 is 11.9 Å². The van der Waals surface area contributed by atoms with Crippen molar-refractivity contribution in [2.75, 3.05) is 58.9 Å². The molecule has 220 valence electrons. The Kier molecular flexibility index (Phi) is 12.1. The highest BCUT2D eigenvalue weighted by molar-refractivity contribution is 7.97. The van der Waals surface area contributed by atoms with Gasteiger partial charge in [0.2, 0.25) is 0 Å². The summed E-state index contributed by atoms with van der Waals surface area (Å²) in [5.41, 5.74) is 6.37. The van der Waals surface area contributed by atoms with E-state index in [0.717, 1.165) is 55.0 Å². The van der Waals surface area contributed by atoms with Crippen molar-refractivity contribution in [2.24, 2.45) is 4.99 Å². The summed E-state index contributed by atoms with van der Waals surface area (Å²) in [7, 11) is 3.82. The van der Waals surface area contributed by atoms with Crippen molar-refractivity contribution in [3.63, 3.8) is 0 Å². The molecule has 1 aliphatic rings. The maximum Gasteiger partial charge on any atom is 0.308 e. The minimum absolute atomic E-state index is 0.192. The monoisotopic (exact) mass is 573 g/mol. The number of amidine groups is 1. The van der Waals surface area contributed by atoms with Gasteiger partial charge in [0.1, 0.15) is 11.4 Å². The van der Waals surface area contributed by atoms with Gasteiger partial charge in [-0.3, -0.25) is 24.7 Å². The second-order valence-electron chi connectivity index (χ2n) is 9.70. The highest BCUT2D eigenvalue weighted by atomic mass is 32.2. The highest BCUT2D eigenvalue weighted by Crippen LogP contribution is 2.32.